The zero-order valence-corrected chi connectivity index (χ0v) is 27.7. The van der Waals surface area contributed by atoms with E-state index in [1.807, 2.05) is 24.0 Å². The number of nitro benzene ring substituents is 1. The van der Waals surface area contributed by atoms with Gasteiger partial charge in [-0.2, -0.15) is 0 Å². The number of sulfonamides is 1. The van der Waals surface area contributed by atoms with Crippen LogP contribution in [-0.2, 0) is 26.2 Å². The summed E-state index contributed by atoms with van der Waals surface area (Å²) >= 11 is 0. The second-order valence-electron chi connectivity index (χ2n) is 11.4. The fourth-order valence-corrected chi connectivity index (χ4v) is 6.42. The first-order chi connectivity index (χ1) is 22.5. The Kier molecular flexibility index (Phi) is 12.3. The second kappa shape index (κ2) is 16.3. The molecule has 1 heterocycles. The molecule has 0 aliphatic carbocycles. The largest absolute Gasteiger partial charge is 0.491 e. The minimum absolute atomic E-state index is 0.0320. The van der Waals surface area contributed by atoms with E-state index in [4.69, 9.17) is 9.47 Å². The Hall–Kier alpha value is -4.53. The van der Waals surface area contributed by atoms with Crippen LogP contribution in [-0.4, -0.2) is 81.9 Å². The molecule has 3 aromatic carbocycles. The number of carbonyl (C=O) groups excluding carboxylic acids is 2. The number of unbranched alkanes of at least 4 members (excludes halogenated alkanes) is 2. The van der Waals surface area contributed by atoms with Gasteiger partial charge in [0.15, 0.2) is 4.90 Å². The lowest BCUT2D eigenvalue weighted by molar-refractivity contribution is -0.387. The molecule has 0 saturated carbocycles. The van der Waals surface area contributed by atoms with Crippen LogP contribution in [0.5, 0.6) is 5.75 Å². The van der Waals surface area contributed by atoms with Crippen LogP contribution in [0, 0.1) is 17.0 Å². The third-order valence-corrected chi connectivity index (χ3v) is 9.21. The Morgan fingerprint density at radius 2 is 1.68 bits per heavy atom. The van der Waals surface area contributed by atoms with Crippen molar-refractivity contribution in [2.75, 3.05) is 57.0 Å². The van der Waals surface area contributed by atoms with E-state index in [0.717, 1.165) is 63.1 Å². The Labute approximate surface area is 275 Å². The number of rotatable bonds is 15. The SMILES string of the molecule is COCc1cc(C(=O)Nc2ccc(C)cc2OCCCCCC(=O)N2CCN(C)CC2)ccc1NS(=O)(=O)c1ccccc1[N+](=O)[O-]. The van der Waals surface area contributed by atoms with Crippen molar-refractivity contribution in [2.24, 2.45) is 0 Å². The van der Waals surface area contributed by atoms with Gasteiger partial charge in [-0.25, -0.2) is 8.42 Å². The molecule has 2 amide bonds. The number of likely N-dealkylation sites (N-methyl/N-ethyl adjacent to an activating group) is 1. The molecule has 1 fully saturated rings. The van der Waals surface area contributed by atoms with Crippen LogP contribution >= 0.6 is 0 Å². The van der Waals surface area contributed by atoms with Crippen LogP contribution in [0.2, 0.25) is 0 Å². The summed E-state index contributed by atoms with van der Waals surface area (Å²) in [6, 6.07) is 14.8. The molecule has 1 aliphatic heterocycles. The first kappa shape index (κ1) is 35.3. The van der Waals surface area contributed by atoms with Crippen LogP contribution in [0.4, 0.5) is 17.1 Å². The summed E-state index contributed by atoms with van der Waals surface area (Å²) in [6.45, 7) is 5.66. The molecule has 2 N–H and O–H groups in total. The van der Waals surface area contributed by atoms with Crippen molar-refractivity contribution in [3.8, 4) is 5.75 Å². The lowest BCUT2D eigenvalue weighted by atomic mass is 10.1. The van der Waals surface area contributed by atoms with E-state index < -0.39 is 31.4 Å². The molecule has 3 aromatic rings. The first-order valence-corrected chi connectivity index (χ1v) is 16.9. The van der Waals surface area contributed by atoms with E-state index in [0.29, 0.717) is 30.0 Å². The topological polar surface area (TPSA) is 160 Å². The van der Waals surface area contributed by atoms with Gasteiger partial charge in [0.05, 0.1) is 29.5 Å². The molecular formula is C33H41N5O8S. The van der Waals surface area contributed by atoms with Gasteiger partial charge in [-0.05, 0) is 75.2 Å². The van der Waals surface area contributed by atoms with E-state index >= 15 is 0 Å². The summed E-state index contributed by atoms with van der Waals surface area (Å²) < 4.78 is 39.8. The quantitative estimate of drug-likeness (QED) is 0.132. The number of piperazine rings is 1. The number of anilines is 2. The van der Waals surface area contributed by atoms with Gasteiger partial charge < -0.3 is 24.6 Å². The number of aryl methyl sites for hydroxylation is 1. The maximum Gasteiger partial charge on any atom is 0.289 e. The van der Waals surface area contributed by atoms with Crippen LogP contribution in [0.25, 0.3) is 0 Å². The summed E-state index contributed by atoms with van der Waals surface area (Å²) in [4.78, 5) is 40.1. The number of amides is 2. The number of hydrogen-bond donors (Lipinski definition) is 2. The van der Waals surface area contributed by atoms with E-state index in [1.165, 1.54) is 37.4 Å². The van der Waals surface area contributed by atoms with Crippen LogP contribution < -0.4 is 14.8 Å². The number of nitrogens with zero attached hydrogens (tertiary/aromatic N) is 3. The molecule has 1 aliphatic rings. The van der Waals surface area contributed by atoms with Crippen molar-refractivity contribution >= 4 is 38.9 Å². The third-order valence-electron chi connectivity index (χ3n) is 7.80. The van der Waals surface area contributed by atoms with Gasteiger partial charge in [0.2, 0.25) is 5.91 Å². The molecule has 4 rings (SSSR count). The molecule has 0 bridgehead atoms. The second-order valence-corrected chi connectivity index (χ2v) is 13.1. The number of carbonyl (C=O) groups is 2. The molecule has 0 atom stereocenters. The van der Waals surface area contributed by atoms with E-state index in [-0.39, 0.29) is 23.8 Å². The van der Waals surface area contributed by atoms with Gasteiger partial charge in [0.1, 0.15) is 5.75 Å². The van der Waals surface area contributed by atoms with Crippen LogP contribution in [0.1, 0.15) is 47.2 Å². The number of ether oxygens (including phenoxy) is 2. The van der Waals surface area contributed by atoms with Crippen molar-refractivity contribution in [1.29, 1.82) is 0 Å². The number of hydrogen-bond acceptors (Lipinski definition) is 9. The zero-order valence-electron chi connectivity index (χ0n) is 26.9. The molecule has 0 unspecified atom stereocenters. The standard InChI is InChI=1S/C33H41N5O8S/c1-24-12-14-28(30(21-24)46-20-8-4-5-11-32(39)37-18-16-36(2)17-19-37)34-33(40)25-13-15-27(26(22-25)23-45-3)35-47(43,44)31-10-7-6-9-29(31)38(41)42/h6-7,9-10,12-15,21-22,35H,4-5,8,11,16-20,23H2,1-3H3,(H,34,40). The van der Waals surface area contributed by atoms with E-state index in [2.05, 4.69) is 22.0 Å². The van der Waals surface area contributed by atoms with Gasteiger partial charge in [0, 0.05) is 56.9 Å². The molecule has 0 aromatic heterocycles. The van der Waals surface area contributed by atoms with E-state index in [1.54, 1.807) is 6.07 Å². The van der Waals surface area contributed by atoms with Gasteiger partial charge >= 0.3 is 0 Å². The predicted octanol–water partition coefficient (Wildman–Crippen LogP) is 4.82. The molecular weight excluding hydrogens is 626 g/mol. The first-order valence-electron chi connectivity index (χ1n) is 15.4. The van der Waals surface area contributed by atoms with Crippen LogP contribution in [0.3, 0.4) is 0 Å². The molecule has 252 valence electrons. The van der Waals surface area contributed by atoms with Crippen LogP contribution in [0.15, 0.2) is 65.6 Å². The monoisotopic (exact) mass is 667 g/mol. The summed E-state index contributed by atoms with van der Waals surface area (Å²) in [5, 5.41) is 14.3. The molecule has 47 heavy (non-hydrogen) atoms. The van der Waals surface area contributed by atoms with Crippen molar-refractivity contribution in [1.82, 2.24) is 9.80 Å². The number of para-hydroxylation sites is 1. The average molecular weight is 668 g/mol. The number of nitro groups is 1. The fraction of sp³-hybridized carbons (Fsp3) is 0.394. The molecule has 1 saturated heterocycles. The maximum absolute atomic E-state index is 13.3. The van der Waals surface area contributed by atoms with E-state index in [9.17, 15) is 28.1 Å². The highest BCUT2D eigenvalue weighted by molar-refractivity contribution is 7.92. The number of methoxy groups -OCH3 is 1. The highest BCUT2D eigenvalue weighted by Gasteiger charge is 2.26. The number of benzene rings is 3. The van der Waals surface area contributed by atoms with Crippen molar-refractivity contribution in [3.05, 3.63) is 87.5 Å². The Morgan fingerprint density at radius 3 is 2.40 bits per heavy atom. The summed E-state index contributed by atoms with van der Waals surface area (Å²) in [5.41, 5.74) is 1.58. The fourth-order valence-electron chi connectivity index (χ4n) is 5.14. The number of nitrogens with one attached hydrogen (secondary N) is 2. The smallest absolute Gasteiger partial charge is 0.289 e. The van der Waals surface area contributed by atoms with Gasteiger partial charge in [-0.3, -0.25) is 24.4 Å². The average Bonchev–Trinajstić information content (AvgIpc) is 3.04. The summed E-state index contributed by atoms with van der Waals surface area (Å²) in [5.74, 6) is 0.256. The predicted molar refractivity (Wildman–Crippen MR) is 178 cm³/mol. The maximum atomic E-state index is 13.3. The minimum Gasteiger partial charge on any atom is -0.491 e. The molecule has 14 heteroatoms. The molecule has 13 nitrogen and oxygen atoms in total. The molecule has 0 spiro atoms. The molecule has 0 radical (unpaired) electrons. The Bertz CT molecular complexity index is 1690. The van der Waals surface area contributed by atoms with Gasteiger partial charge in [0.25, 0.3) is 21.6 Å². The highest BCUT2D eigenvalue weighted by Crippen LogP contribution is 2.29. The zero-order chi connectivity index (χ0) is 34.0. The third kappa shape index (κ3) is 9.73. The summed E-state index contributed by atoms with van der Waals surface area (Å²) in [7, 11) is -0.847. The lowest BCUT2D eigenvalue weighted by Gasteiger charge is -2.32. The highest BCUT2D eigenvalue weighted by atomic mass is 32.2. The van der Waals surface area contributed by atoms with Gasteiger partial charge in [-0.1, -0.05) is 18.2 Å². The summed E-state index contributed by atoms with van der Waals surface area (Å²) in [6.07, 6.45) is 2.89. The Balaban J connectivity index is 1.37. The van der Waals surface area contributed by atoms with Crippen molar-refractivity contribution in [2.45, 2.75) is 44.1 Å². The van der Waals surface area contributed by atoms with Crippen molar-refractivity contribution < 1.29 is 32.4 Å². The van der Waals surface area contributed by atoms with Gasteiger partial charge in [-0.15, -0.1) is 0 Å². The lowest BCUT2D eigenvalue weighted by Crippen LogP contribution is -2.47. The normalized spacial score (nSPS) is 13.6. The minimum atomic E-state index is -4.33. The Morgan fingerprint density at radius 1 is 0.957 bits per heavy atom. The van der Waals surface area contributed by atoms with Crippen molar-refractivity contribution in [3.63, 3.8) is 0 Å².